The van der Waals surface area contributed by atoms with E-state index in [0.29, 0.717) is 5.92 Å². The molecule has 1 nitrogen and oxygen atoms in total. The number of hydrogen-bond donors (Lipinski definition) is 0. The first kappa shape index (κ1) is 20.1. The number of nitrogens with zero attached hydrogens (tertiary/aromatic N) is 1. The monoisotopic (exact) mass is 375 g/mol. The summed E-state index contributed by atoms with van der Waals surface area (Å²) < 4.78 is 13.4. The van der Waals surface area contributed by atoms with E-state index < -0.39 is 0 Å². The van der Waals surface area contributed by atoms with E-state index in [4.69, 9.17) is 0 Å². The first-order valence-corrected chi connectivity index (χ1v) is 10.1. The van der Waals surface area contributed by atoms with Crippen LogP contribution in [0.4, 0.5) is 4.39 Å². The van der Waals surface area contributed by atoms with Crippen LogP contribution in [0.15, 0.2) is 78.5 Å². The molecule has 1 heterocycles. The highest BCUT2D eigenvalue weighted by Crippen LogP contribution is 2.47. The maximum Gasteiger partial charge on any atom is 0.123 e. The number of allylic oxidation sites excluding steroid dienone is 1. The Morgan fingerprint density at radius 2 is 1.68 bits per heavy atom. The van der Waals surface area contributed by atoms with Gasteiger partial charge in [0.25, 0.3) is 0 Å². The fourth-order valence-electron chi connectivity index (χ4n) is 4.00. The molecule has 0 aliphatic carbocycles. The number of benzene rings is 2. The molecule has 3 rings (SSSR count). The standard InChI is InChI=1S/C26H30FN/c1-7-16-28-20(6)18(4)25(19(5)22-12-14-24(27)15-13-22)26(28)23-10-8-21(9-11-23)17(2)3/h8-15,17,26H,5-7,16H2,1-4H3. The van der Waals surface area contributed by atoms with Gasteiger partial charge in [0.15, 0.2) is 0 Å². The van der Waals surface area contributed by atoms with Crippen LogP contribution in [-0.4, -0.2) is 11.4 Å². The zero-order chi connectivity index (χ0) is 20.4. The van der Waals surface area contributed by atoms with Crippen molar-refractivity contribution in [1.82, 2.24) is 4.90 Å². The molecule has 0 amide bonds. The zero-order valence-electron chi connectivity index (χ0n) is 17.4. The minimum absolute atomic E-state index is 0.0891. The highest BCUT2D eigenvalue weighted by Gasteiger charge is 2.35. The molecule has 0 aromatic heterocycles. The van der Waals surface area contributed by atoms with Crippen molar-refractivity contribution in [3.63, 3.8) is 0 Å². The van der Waals surface area contributed by atoms with Crippen molar-refractivity contribution in [2.45, 2.75) is 46.1 Å². The second kappa shape index (κ2) is 8.18. The van der Waals surface area contributed by atoms with Gasteiger partial charge in [-0.1, -0.05) is 70.3 Å². The molecule has 0 bridgehead atoms. The van der Waals surface area contributed by atoms with E-state index in [-0.39, 0.29) is 11.9 Å². The summed E-state index contributed by atoms with van der Waals surface area (Å²) in [6, 6.07) is 15.6. The van der Waals surface area contributed by atoms with Crippen LogP contribution in [0.25, 0.3) is 5.57 Å². The Kier molecular flexibility index (Phi) is 5.88. The van der Waals surface area contributed by atoms with Gasteiger partial charge in [0.1, 0.15) is 5.82 Å². The average molecular weight is 376 g/mol. The van der Waals surface area contributed by atoms with Gasteiger partial charge in [0.05, 0.1) is 6.04 Å². The van der Waals surface area contributed by atoms with Crippen LogP contribution < -0.4 is 0 Å². The Balaban J connectivity index is 2.07. The third-order valence-electron chi connectivity index (χ3n) is 5.67. The molecule has 2 heteroatoms. The fourth-order valence-corrected chi connectivity index (χ4v) is 4.00. The van der Waals surface area contributed by atoms with Crippen LogP contribution in [-0.2, 0) is 0 Å². The van der Waals surface area contributed by atoms with Gasteiger partial charge in [-0.2, -0.15) is 0 Å². The molecule has 1 aliphatic heterocycles. The highest BCUT2D eigenvalue weighted by atomic mass is 19.1. The van der Waals surface area contributed by atoms with Gasteiger partial charge in [-0.3, -0.25) is 0 Å². The van der Waals surface area contributed by atoms with Gasteiger partial charge < -0.3 is 4.90 Å². The van der Waals surface area contributed by atoms with Gasteiger partial charge in [0.2, 0.25) is 0 Å². The lowest BCUT2D eigenvalue weighted by Crippen LogP contribution is -2.25. The molecule has 0 fully saturated rings. The Morgan fingerprint density at radius 3 is 2.21 bits per heavy atom. The van der Waals surface area contributed by atoms with E-state index in [1.165, 1.54) is 34.4 Å². The quantitative estimate of drug-likeness (QED) is 0.513. The number of hydrogen-bond acceptors (Lipinski definition) is 1. The average Bonchev–Trinajstić information content (AvgIpc) is 2.93. The fraction of sp³-hybridized carbons (Fsp3) is 0.308. The lowest BCUT2D eigenvalue weighted by atomic mass is 9.88. The molecule has 1 aliphatic rings. The Hall–Kier alpha value is -2.61. The summed E-state index contributed by atoms with van der Waals surface area (Å²) in [7, 11) is 0. The number of rotatable bonds is 6. The molecule has 0 N–H and O–H groups in total. The SMILES string of the molecule is C=C(C1=C(C)C(=C)N(CCC)C1c1ccc(C(C)C)cc1)c1ccc(F)cc1. The molecule has 0 spiro atoms. The van der Waals surface area contributed by atoms with Gasteiger partial charge in [-0.15, -0.1) is 0 Å². The summed E-state index contributed by atoms with van der Waals surface area (Å²) >= 11 is 0. The van der Waals surface area contributed by atoms with Crippen LogP contribution in [0.1, 0.15) is 62.8 Å². The molecule has 28 heavy (non-hydrogen) atoms. The van der Waals surface area contributed by atoms with Crippen LogP contribution in [0.2, 0.25) is 0 Å². The molecular formula is C26H30FN. The van der Waals surface area contributed by atoms with Gasteiger partial charge >= 0.3 is 0 Å². The van der Waals surface area contributed by atoms with E-state index in [1.54, 1.807) is 0 Å². The van der Waals surface area contributed by atoms with Crippen molar-refractivity contribution in [3.8, 4) is 0 Å². The molecule has 0 radical (unpaired) electrons. The summed E-state index contributed by atoms with van der Waals surface area (Å²) in [6.45, 7) is 18.4. The van der Waals surface area contributed by atoms with Gasteiger partial charge in [-0.05, 0) is 64.8 Å². The normalized spacial score (nSPS) is 17.0. The van der Waals surface area contributed by atoms with E-state index in [1.807, 2.05) is 12.1 Å². The minimum atomic E-state index is -0.230. The molecular weight excluding hydrogens is 345 g/mol. The van der Waals surface area contributed by atoms with Crippen molar-refractivity contribution < 1.29 is 4.39 Å². The molecule has 1 atom stereocenters. The summed E-state index contributed by atoms with van der Waals surface area (Å²) in [5, 5.41) is 0. The van der Waals surface area contributed by atoms with Crippen LogP contribution in [0.3, 0.4) is 0 Å². The van der Waals surface area contributed by atoms with E-state index in [2.05, 4.69) is 70.0 Å². The van der Waals surface area contributed by atoms with E-state index in [9.17, 15) is 4.39 Å². The van der Waals surface area contributed by atoms with Crippen LogP contribution in [0, 0.1) is 5.82 Å². The summed E-state index contributed by atoms with van der Waals surface area (Å²) in [5.74, 6) is 0.275. The maximum atomic E-state index is 13.4. The minimum Gasteiger partial charge on any atom is -0.361 e. The topological polar surface area (TPSA) is 3.24 Å². The second-order valence-corrected chi connectivity index (χ2v) is 7.89. The summed E-state index contributed by atoms with van der Waals surface area (Å²) in [6.07, 6.45) is 1.04. The van der Waals surface area contributed by atoms with Crippen LogP contribution >= 0.6 is 0 Å². The van der Waals surface area contributed by atoms with Crippen molar-refractivity contribution in [1.29, 1.82) is 0 Å². The van der Waals surface area contributed by atoms with Crippen molar-refractivity contribution in [3.05, 3.63) is 101 Å². The predicted molar refractivity (Wildman–Crippen MR) is 118 cm³/mol. The summed E-state index contributed by atoms with van der Waals surface area (Å²) in [4.78, 5) is 2.38. The predicted octanol–water partition coefficient (Wildman–Crippen LogP) is 7.26. The van der Waals surface area contributed by atoms with Crippen molar-refractivity contribution in [2.24, 2.45) is 0 Å². The first-order chi connectivity index (χ1) is 13.3. The molecule has 1 unspecified atom stereocenters. The second-order valence-electron chi connectivity index (χ2n) is 7.89. The Bertz CT molecular complexity index is 900. The largest absolute Gasteiger partial charge is 0.361 e. The van der Waals surface area contributed by atoms with E-state index >= 15 is 0 Å². The molecule has 0 saturated heterocycles. The highest BCUT2D eigenvalue weighted by molar-refractivity contribution is 5.82. The maximum absolute atomic E-state index is 13.4. The molecule has 0 saturated carbocycles. The molecule has 2 aromatic rings. The van der Waals surface area contributed by atoms with Crippen molar-refractivity contribution >= 4 is 5.57 Å². The Labute approximate surface area is 168 Å². The molecule has 2 aromatic carbocycles. The first-order valence-electron chi connectivity index (χ1n) is 10.1. The third-order valence-corrected chi connectivity index (χ3v) is 5.67. The summed E-state index contributed by atoms with van der Waals surface area (Å²) in [5.41, 5.74) is 7.87. The number of halogens is 1. The van der Waals surface area contributed by atoms with Gasteiger partial charge in [0, 0.05) is 12.2 Å². The third kappa shape index (κ3) is 3.69. The van der Waals surface area contributed by atoms with Crippen LogP contribution in [0.5, 0.6) is 0 Å². The smallest absolute Gasteiger partial charge is 0.123 e. The van der Waals surface area contributed by atoms with E-state index in [0.717, 1.165) is 29.8 Å². The lowest BCUT2D eigenvalue weighted by molar-refractivity contribution is 0.316. The zero-order valence-corrected chi connectivity index (χ0v) is 17.4. The van der Waals surface area contributed by atoms with Gasteiger partial charge in [-0.25, -0.2) is 4.39 Å². The van der Waals surface area contributed by atoms with Crippen molar-refractivity contribution in [2.75, 3.05) is 6.54 Å². The lowest BCUT2D eigenvalue weighted by Gasteiger charge is -2.30. The Morgan fingerprint density at radius 1 is 1.07 bits per heavy atom. The molecule has 146 valence electrons.